The molecule has 30 heavy (non-hydrogen) atoms. The van der Waals surface area contributed by atoms with Crippen molar-refractivity contribution in [2.24, 2.45) is 0 Å². The lowest BCUT2D eigenvalue weighted by atomic mass is 10.2. The van der Waals surface area contributed by atoms with Gasteiger partial charge in [-0.25, -0.2) is 0 Å². The Morgan fingerprint density at radius 1 is 1.07 bits per heavy atom. The predicted octanol–water partition coefficient (Wildman–Crippen LogP) is 3.82. The Kier molecular flexibility index (Phi) is 5.58. The van der Waals surface area contributed by atoms with Gasteiger partial charge in [-0.05, 0) is 37.1 Å². The fraction of sp³-hybridized carbons (Fsp3) is 0.273. The van der Waals surface area contributed by atoms with Crippen molar-refractivity contribution in [1.82, 2.24) is 0 Å². The van der Waals surface area contributed by atoms with E-state index in [-0.39, 0.29) is 11.7 Å². The molecule has 2 aromatic carbocycles. The smallest absolute Gasteiger partial charge is 0.293 e. The van der Waals surface area contributed by atoms with E-state index in [1.165, 1.54) is 14.2 Å². The van der Waals surface area contributed by atoms with Crippen molar-refractivity contribution in [2.45, 2.75) is 18.9 Å². The zero-order chi connectivity index (χ0) is 21.1. The van der Waals surface area contributed by atoms with Gasteiger partial charge in [0.1, 0.15) is 28.9 Å². The van der Waals surface area contributed by atoms with Gasteiger partial charge in [0.15, 0.2) is 0 Å². The van der Waals surface area contributed by atoms with E-state index in [1.807, 2.05) is 6.07 Å². The Balaban J connectivity index is 1.68. The Morgan fingerprint density at radius 2 is 1.90 bits per heavy atom. The summed E-state index contributed by atoms with van der Waals surface area (Å²) in [6, 6.07) is 12.2. The SMILES string of the molecule is COc1ccc(OC)c(NC(=O)c2oc3ccccc3c2NC(=O)[C@H]2CCCO2)c1. The normalized spacial score (nSPS) is 15.7. The summed E-state index contributed by atoms with van der Waals surface area (Å²) in [7, 11) is 3.04. The van der Waals surface area contributed by atoms with Gasteiger partial charge in [0.2, 0.25) is 5.76 Å². The monoisotopic (exact) mass is 410 g/mol. The Bertz CT molecular complexity index is 1080. The molecule has 1 aromatic heterocycles. The Morgan fingerprint density at radius 3 is 2.63 bits per heavy atom. The number of furan rings is 1. The molecule has 1 fully saturated rings. The highest BCUT2D eigenvalue weighted by molar-refractivity contribution is 6.15. The summed E-state index contributed by atoms with van der Waals surface area (Å²) < 4.78 is 21.8. The second kappa shape index (κ2) is 8.46. The largest absolute Gasteiger partial charge is 0.497 e. The van der Waals surface area contributed by atoms with Gasteiger partial charge in [-0.3, -0.25) is 9.59 Å². The molecule has 4 rings (SSSR count). The van der Waals surface area contributed by atoms with E-state index in [1.54, 1.807) is 36.4 Å². The summed E-state index contributed by atoms with van der Waals surface area (Å²) in [6.45, 7) is 0.549. The lowest BCUT2D eigenvalue weighted by Crippen LogP contribution is -2.27. The first-order valence-corrected chi connectivity index (χ1v) is 9.58. The van der Waals surface area contributed by atoms with Gasteiger partial charge in [0, 0.05) is 18.1 Å². The van der Waals surface area contributed by atoms with E-state index in [2.05, 4.69) is 10.6 Å². The zero-order valence-electron chi connectivity index (χ0n) is 16.7. The topological polar surface area (TPSA) is 99.0 Å². The highest BCUT2D eigenvalue weighted by Crippen LogP contribution is 2.34. The number of amides is 2. The highest BCUT2D eigenvalue weighted by Gasteiger charge is 2.28. The fourth-order valence-corrected chi connectivity index (χ4v) is 3.41. The van der Waals surface area contributed by atoms with Gasteiger partial charge >= 0.3 is 0 Å². The second-order valence-corrected chi connectivity index (χ2v) is 6.81. The third kappa shape index (κ3) is 3.81. The molecule has 1 aliphatic rings. The summed E-state index contributed by atoms with van der Waals surface area (Å²) in [5.41, 5.74) is 1.21. The molecule has 156 valence electrons. The number of methoxy groups -OCH3 is 2. The number of anilines is 2. The van der Waals surface area contributed by atoms with E-state index in [9.17, 15) is 9.59 Å². The Labute approximate surface area is 173 Å². The maximum Gasteiger partial charge on any atom is 0.293 e. The van der Waals surface area contributed by atoms with E-state index >= 15 is 0 Å². The number of ether oxygens (including phenoxy) is 3. The van der Waals surface area contributed by atoms with Gasteiger partial charge in [0.25, 0.3) is 11.8 Å². The van der Waals surface area contributed by atoms with Crippen LogP contribution in [0.3, 0.4) is 0 Å². The molecule has 0 unspecified atom stereocenters. The van der Waals surface area contributed by atoms with Crippen molar-refractivity contribution < 1.29 is 28.2 Å². The Hall–Kier alpha value is -3.52. The molecule has 2 amide bonds. The van der Waals surface area contributed by atoms with Crippen molar-refractivity contribution in [1.29, 1.82) is 0 Å². The van der Waals surface area contributed by atoms with Crippen molar-refractivity contribution in [3.8, 4) is 11.5 Å². The summed E-state index contributed by atoms with van der Waals surface area (Å²) in [5.74, 6) is 0.188. The lowest BCUT2D eigenvalue weighted by Gasteiger charge is -2.13. The second-order valence-electron chi connectivity index (χ2n) is 6.81. The van der Waals surface area contributed by atoms with Crippen LogP contribution in [0, 0.1) is 0 Å². The molecule has 8 nitrogen and oxygen atoms in total. The van der Waals surface area contributed by atoms with Crippen LogP contribution >= 0.6 is 0 Å². The number of fused-ring (bicyclic) bond motifs is 1. The summed E-state index contributed by atoms with van der Waals surface area (Å²) in [4.78, 5) is 25.7. The van der Waals surface area contributed by atoms with Gasteiger partial charge in [-0.1, -0.05) is 12.1 Å². The van der Waals surface area contributed by atoms with Crippen molar-refractivity contribution >= 4 is 34.2 Å². The molecule has 8 heteroatoms. The fourth-order valence-electron chi connectivity index (χ4n) is 3.41. The number of rotatable bonds is 6. The first-order chi connectivity index (χ1) is 14.6. The van der Waals surface area contributed by atoms with Gasteiger partial charge < -0.3 is 29.3 Å². The molecule has 2 N–H and O–H groups in total. The average Bonchev–Trinajstić information content (AvgIpc) is 3.42. The van der Waals surface area contributed by atoms with Crippen LogP contribution < -0.4 is 20.1 Å². The molecule has 0 saturated carbocycles. The molecule has 2 heterocycles. The lowest BCUT2D eigenvalue weighted by molar-refractivity contribution is -0.124. The van der Waals surface area contributed by atoms with E-state index in [0.717, 1.165) is 6.42 Å². The van der Waals surface area contributed by atoms with Crippen LogP contribution in [0.25, 0.3) is 11.0 Å². The van der Waals surface area contributed by atoms with Gasteiger partial charge in [-0.15, -0.1) is 0 Å². The summed E-state index contributed by atoms with van der Waals surface area (Å²) >= 11 is 0. The summed E-state index contributed by atoms with van der Waals surface area (Å²) in [5, 5.41) is 6.23. The molecule has 0 aliphatic carbocycles. The van der Waals surface area contributed by atoms with Crippen LogP contribution in [-0.2, 0) is 9.53 Å². The van der Waals surface area contributed by atoms with Crippen LogP contribution in [-0.4, -0.2) is 38.7 Å². The first kappa shape index (κ1) is 19.8. The van der Waals surface area contributed by atoms with E-state index in [0.29, 0.717) is 46.9 Å². The van der Waals surface area contributed by atoms with Crippen LogP contribution in [0.15, 0.2) is 46.9 Å². The number of benzene rings is 2. The minimum Gasteiger partial charge on any atom is -0.497 e. The molecule has 1 saturated heterocycles. The third-order valence-corrected chi connectivity index (χ3v) is 4.93. The van der Waals surface area contributed by atoms with Crippen molar-refractivity contribution in [3.63, 3.8) is 0 Å². The molecule has 1 aliphatic heterocycles. The highest BCUT2D eigenvalue weighted by atomic mass is 16.5. The predicted molar refractivity (Wildman–Crippen MR) is 111 cm³/mol. The molecule has 3 aromatic rings. The van der Waals surface area contributed by atoms with Crippen LogP contribution in [0.4, 0.5) is 11.4 Å². The number of nitrogens with one attached hydrogen (secondary N) is 2. The number of carbonyl (C=O) groups excluding carboxylic acids is 2. The van der Waals surface area contributed by atoms with Crippen molar-refractivity contribution in [2.75, 3.05) is 31.5 Å². The van der Waals surface area contributed by atoms with Crippen LogP contribution in [0.1, 0.15) is 23.4 Å². The van der Waals surface area contributed by atoms with Gasteiger partial charge in [-0.2, -0.15) is 0 Å². The molecule has 0 radical (unpaired) electrons. The molecule has 1 atom stereocenters. The van der Waals surface area contributed by atoms with Gasteiger partial charge in [0.05, 0.1) is 19.9 Å². The zero-order valence-corrected chi connectivity index (χ0v) is 16.7. The van der Waals surface area contributed by atoms with E-state index in [4.69, 9.17) is 18.6 Å². The maximum atomic E-state index is 13.1. The minimum atomic E-state index is -0.534. The minimum absolute atomic E-state index is 0.00702. The van der Waals surface area contributed by atoms with E-state index < -0.39 is 12.0 Å². The van der Waals surface area contributed by atoms with Crippen LogP contribution in [0.2, 0.25) is 0 Å². The quantitative estimate of drug-likeness (QED) is 0.641. The molecule has 0 spiro atoms. The van der Waals surface area contributed by atoms with Crippen molar-refractivity contribution in [3.05, 3.63) is 48.2 Å². The number of para-hydroxylation sites is 1. The summed E-state index contributed by atoms with van der Waals surface area (Å²) in [6.07, 6.45) is 0.935. The maximum absolute atomic E-state index is 13.1. The third-order valence-electron chi connectivity index (χ3n) is 4.93. The standard InChI is InChI=1S/C22H22N2O6/c1-27-13-9-10-17(28-2)15(12-13)23-22(26)20-19(14-6-3-4-7-16(14)30-20)24-21(25)18-8-5-11-29-18/h3-4,6-7,9-10,12,18H,5,8,11H2,1-2H3,(H,23,26)(H,24,25)/t18-/m1/s1. The molecular formula is C22H22N2O6. The number of carbonyl (C=O) groups is 2. The first-order valence-electron chi connectivity index (χ1n) is 9.58. The van der Waals surface area contributed by atoms with Crippen LogP contribution in [0.5, 0.6) is 11.5 Å². The number of hydrogen-bond donors (Lipinski definition) is 2. The molecular weight excluding hydrogens is 388 g/mol. The average molecular weight is 410 g/mol. The molecule has 0 bridgehead atoms. The number of hydrogen-bond acceptors (Lipinski definition) is 6.